The van der Waals surface area contributed by atoms with Gasteiger partial charge in [0.2, 0.25) is 0 Å². The predicted molar refractivity (Wildman–Crippen MR) is 79.9 cm³/mol. The third-order valence-corrected chi connectivity index (χ3v) is 3.27. The molecule has 2 rings (SSSR count). The summed E-state index contributed by atoms with van der Waals surface area (Å²) in [4.78, 5) is 4.42. The van der Waals surface area contributed by atoms with Crippen molar-refractivity contribution in [3.05, 3.63) is 47.0 Å². The molecule has 0 spiro atoms. The molecule has 1 atom stereocenters. The molecule has 0 aliphatic carbocycles. The fraction of sp³-hybridized carbons (Fsp3) is 0.400. The average molecular weight is 278 g/mol. The quantitative estimate of drug-likeness (QED) is 0.911. The van der Waals surface area contributed by atoms with Crippen LogP contribution in [-0.2, 0) is 12.8 Å². The molecule has 2 N–H and O–H groups in total. The summed E-state index contributed by atoms with van der Waals surface area (Å²) in [6.07, 6.45) is 6.69. The molecule has 19 heavy (non-hydrogen) atoms. The van der Waals surface area contributed by atoms with Gasteiger partial charge in [-0.3, -0.25) is 0 Å². The lowest BCUT2D eigenvalue weighted by molar-refractivity contribution is 0.728. The zero-order valence-corrected chi connectivity index (χ0v) is 12.2. The van der Waals surface area contributed by atoms with Crippen molar-refractivity contribution in [1.82, 2.24) is 9.55 Å². The van der Waals surface area contributed by atoms with Gasteiger partial charge in [-0.1, -0.05) is 18.5 Å². The highest BCUT2D eigenvalue weighted by Gasteiger charge is 2.11. The first-order valence-electron chi connectivity index (χ1n) is 6.68. The Labute approximate surface area is 119 Å². The van der Waals surface area contributed by atoms with E-state index in [9.17, 15) is 0 Å². The molecule has 1 heterocycles. The minimum absolute atomic E-state index is 0.107. The minimum atomic E-state index is 0.107. The maximum Gasteiger partial charge on any atom is 0.113 e. The van der Waals surface area contributed by atoms with Gasteiger partial charge in [-0.2, -0.15) is 0 Å². The van der Waals surface area contributed by atoms with Crippen LogP contribution in [0.5, 0.6) is 0 Å². The van der Waals surface area contributed by atoms with Gasteiger partial charge in [0, 0.05) is 29.9 Å². The Morgan fingerprint density at radius 2 is 2.21 bits per heavy atom. The van der Waals surface area contributed by atoms with Crippen molar-refractivity contribution >= 4 is 11.6 Å². The van der Waals surface area contributed by atoms with E-state index in [1.807, 2.05) is 37.5 Å². The van der Waals surface area contributed by atoms with E-state index in [0.717, 1.165) is 41.4 Å². The van der Waals surface area contributed by atoms with Crippen molar-refractivity contribution in [2.75, 3.05) is 0 Å². The standard InChI is InChI=1S/C15H20ClN3/c1-3-4-15-18-7-8-19(15)14-6-5-13(16)10-12(14)9-11(2)17/h5-8,10-11H,3-4,9,17H2,1-2H3. The first-order chi connectivity index (χ1) is 9.11. The van der Waals surface area contributed by atoms with Gasteiger partial charge in [0.25, 0.3) is 0 Å². The molecular formula is C15H20ClN3. The van der Waals surface area contributed by atoms with Crippen LogP contribution < -0.4 is 5.73 Å². The molecule has 1 aromatic heterocycles. The van der Waals surface area contributed by atoms with Gasteiger partial charge in [0.15, 0.2) is 0 Å². The summed E-state index contributed by atoms with van der Waals surface area (Å²) >= 11 is 6.10. The van der Waals surface area contributed by atoms with Crippen molar-refractivity contribution in [3.8, 4) is 5.69 Å². The molecule has 3 nitrogen and oxygen atoms in total. The lowest BCUT2D eigenvalue weighted by Gasteiger charge is -2.15. The van der Waals surface area contributed by atoms with Gasteiger partial charge in [-0.15, -0.1) is 0 Å². The molecule has 0 aliphatic heterocycles. The second-order valence-electron chi connectivity index (χ2n) is 4.92. The van der Waals surface area contributed by atoms with E-state index in [2.05, 4.69) is 16.5 Å². The van der Waals surface area contributed by atoms with Crippen LogP contribution in [0.4, 0.5) is 0 Å². The number of aryl methyl sites for hydroxylation is 1. The van der Waals surface area contributed by atoms with Crippen molar-refractivity contribution in [1.29, 1.82) is 0 Å². The van der Waals surface area contributed by atoms with Gasteiger partial charge in [0.05, 0.1) is 5.69 Å². The number of rotatable bonds is 5. The molecule has 0 aliphatic rings. The number of hydrogen-bond acceptors (Lipinski definition) is 2. The highest BCUT2D eigenvalue weighted by molar-refractivity contribution is 6.30. The van der Waals surface area contributed by atoms with Crippen molar-refractivity contribution < 1.29 is 0 Å². The number of imidazole rings is 1. The number of nitrogens with two attached hydrogens (primary N) is 1. The number of aromatic nitrogens is 2. The van der Waals surface area contributed by atoms with Crippen molar-refractivity contribution in [3.63, 3.8) is 0 Å². The summed E-state index contributed by atoms with van der Waals surface area (Å²) in [5.41, 5.74) is 8.22. The number of hydrogen-bond donors (Lipinski definition) is 1. The van der Waals surface area contributed by atoms with Gasteiger partial charge >= 0.3 is 0 Å². The maximum atomic E-state index is 6.10. The van der Waals surface area contributed by atoms with E-state index in [4.69, 9.17) is 17.3 Å². The Morgan fingerprint density at radius 1 is 1.42 bits per heavy atom. The van der Waals surface area contributed by atoms with Crippen LogP contribution in [-0.4, -0.2) is 15.6 Å². The fourth-order valence-corrected chi connectivity index (χ4v) is 2.46. The topological polar surface area (TPSA) is 43.8 Å². The summed E-state index contributed by atoms with van der Waals surface area (Å²) in [6.45, 7) is 4.16. The third-order valence-electron chi connectivity index (χ3n) is 3.03. The first-order valence-corrected chi connectivity index (χ1v) is 7.06. The van der Waals surface area contributed by atoms with E-state index in [0.29, 0.717) is 0 Å². The highest BCUT2D eigenvalue weighted by atomic mass is 35.5. The number of nitrogens with zero attached hydrogens (tertiary/aromatic N) is 2. The average Bonchev–Trinajstić information content (AvgIpc) is 2.77. The Bertz CT molecular complexity index is 546. The van der Waals surface area contributed by atoms with Crippen LogP contribution >= 0.6 is 11.6 Å². The second kappa shape index (κ2) is 6.22. The van der Waals surface area contributed by atoms with E-state index in [-0.39, 0.29) is 6.04 Å². The number of benzene rings is 1. The Balaban J connectivity index is 2.45. The summed E-state index contributed by atoms with van der Waals surface area (Å²) in [5.74, 6) is 1.08. The molecule has 102 valence electrons. The molecule has 1 aromatic carbocycles. The predicted octanol–water partition coefficient (Wildman–Crippen LogP) is 3.37. The molecule has 0 amide bonds. The van der Waals surface area contributed by atoms with Crippen molar-refractivity contribution in [2.24, 2.45) is 5.73 Å². The molecule has 2 aromatic rings. The summed E-state index contributed by atoms with van der Waals surface area (Å²) in [7, 11) is 0. The molecule has 0 fully saturated rings. The summed E-state index contributed by atoms with van der Waals surface area (Å²) in [6, 6.07) is 6.06. The smallest absolute Gasteiger partial charge is 0.113 e. The van der Waals surface area contributed by atoms with E-state index in [1.165, 1.54) is 0 Å². The SMILES string of the molecule is CCCc1nccn1-c1ccc(Cl)cc1CC(C)N. The van der Waals surface area contributed by atoms with E-state index >= 15 is 0 Å². The summed E-state index contributed by atoms with van der Waals surface area (Å²) < 4.78 is 2.14. The Hall–Kier alpha value is -1.32. The van der Waals surface area contributed by atoms with Gasteiger partial charge in [-0.05, 0) is 43.5 Å². The van der Waals surface area contributed by atoms with Crippen LogP contribution in [0.1, 0.15) is 31.7 Å². The van der Waals surface area contributed by atoms with Gasteiger partial charge in [0.1, 0.15) is 5.82 Å². The summed E-state index contributed by atoms with van der Waals surface area (Å²) in [5, 5.41) is 0.747. The number of halogens is 1. The molecular weight excluding hydrogens is 258 g/mol. The molecule has 0 bridgehead atoms. The van der Waals surface area contributed by atoms with Crippen LogP contribution in [0.3, 0.4) is 0 Å². The van der Waals surface area contributed by atoms with Crippen LogP contribution in [0.2, 0.25) is 5.02 Å². The van der Waals surface area contributed by atoms with Crippen LogP contribution in [0.15, 0.2) is 30.6 Å². The highest BCUT2D eigenvalue weighted by Crippen LogP contribution is 2.22. The molecule has 1 unspecified atom stereocenters. The zero-order valence-electron chi connectivity index (χ0n) is 11.4. The lowest BCUT2D eigenvalue weighted by Crippen LogP contribution is -2.19. The minimum Gasteiger partial charge on any atom is -0.328 e. The van der Waals surface area contributed by atoms with E-state index in [1.54, 1.807) is 0 Å². The molecule has 0 radical (unpaired) electrons. The maximum absolute atomic E-state index is 6.10. The molecule has 4 heteroatoms. The zero-order chi connectivity index (χ0) is 13.8. The van der Waals surface area contributed by atoms with Gasteiger partial charge in [-0.25, -0.2) is 4.98 Å². The second-order valence-corrected chi connectivity index (χ2v) is 5.35. The van der Waals surface area contributed by atoms with Crippen molar-refractivity contribution in [2.45, 2.75) is 39.2 Å². The van der Waals surface area contributed by atoms with E-state index < -0.39 is 0 Å². The monoisotopic (exact) mass is 277 g/mol. The lowest BCUT2D eigenvalue weighted by atomic mass is 10.1. The first kappa shape index (κ1) is 14.1. The third kappa shape index (κ3) is 3.37. The van der Waals surface area contributed by atoms with Crippen LogP contribution in [0, 0.1) is 0 Å². The fourth-order valence-electron chi connectivity index (χ4n) is 2.26. The Morgan fingerprint density at radius 3 is 2.89 bits per heavy atom. The molecule has 0 saturated carbocycles. The molecule has 0 saturated heterocycles. The largest absolute Gasteiger partial charge is 0.328 e. The Kier molecular flexibility index (Phi) is 4.61. The van der Waals surface area contributed by atoms with Gasteiger partial charge < -0.3 is 10.3 Å². The van der Waals surface area contributed by atoms with Crippen LogP contribution in [0.25, 0.3) is 5.69 Å². The normalized spacial score (nSPS) is 12.6.